The van der Waals surface area contributed by atoms with Gasteiger partial charge in [0.1, 0.15) is 5.82 Å². The minimum absolute atomic E-state index is 0.155. The predicted molar refractivity (Wildman–Crippen MR) is 147 cm³/mol. The molecule has 0 radical (unpaired) electrons. The number of amides is 1. The molecule has 200 valence electrons. The Labute approximate surface area is 222 Å². The third kappa shape index (κ3) is 8.10. The van der Waals surface area contributed by atoms with Crippen molar-refractivity contribution >= 4 is 33.0 Å². The molecule has 0 aliphatic rings. The van der Waals surface area contributed by atoms with Crippen LogP contribution in [-0.4, -0.2) is 39.8 Å². The molecule has 0 saturated heterocycles. The van der Waals surface area contributed by atoms with E-state index < -0.39 is 15.6 Å². The van der Waals surface area contributed by atoms with Gasteiger partial charge < -0.3 is 15.8 Å². The molecule has 1 aromatic heterocycles. The van der Waals surface area contributed by atoms with Crippen LogP contribution in [0.1, 0.15) is 53.4 Å². The molecule has 2 aromatic carbocycles. The van der Waals surface area contributed by atoms with Gasteiger partial charge in [-0.05, 0) is 83.6 Å². The first-order valence-electron chi connectivity index (χ1n) is 11.9. The number of halogens is 1. The summed E-state index contributed by atoms with van der Waals surface area (Å²) >= 11 is 1.62. The Kier molecular flexibility index (Phi) is 9.46. The lowest BCUT2D eigenvalue weighted by Crippen LogP contribution is -2.46. The number of thiophene rings is 1. The fourth-order valence-electron chi connectivity index (χ4n) is 3.83. The van der Waals surface area contributed by atoms with E-state index in [2.05, 4.69) is 10.7 Å². The fraction of sp³-hybridized carbons (Fsp3) is 0.370. The zero-order valence-electron chi connectivity index (χ0n) is 21.5. The Hall–Kier alpha value is -2.79. The van der Waals surface area contributed by atoms with Gasteiger partial charge in [-0.25, -0.2) is 12.8 Å². The van der Waals surface area contributed by atoms with Crippen molar-refractivity contribution in [1.82, 2.24) is 5.32 Å². The molecule has 1 unspecified atom stereocenters. The third-order valence-electron chi connectivity index (χ3n) is 6.32. The third-order valence-corrected chi connectivity index (χ3v) is 8.25. The lowest BCUT2D eigenvalue weighted by molar-refractivity contribution is 0.0711. The maximum atomic E-state index is 13.3. The van der Waals surface area contributed by atoms with Crippen LogP contribution in [0.5, 0.6) is 0 Å². The summed E-state index contributed by atoms with van der Waals surface area (Å²) in [6, 6.07) is 12.4. The second-order valence-corrected chi connectivity index (χ2v) is 12.2. The number of nitrogens with one attached hydrogen (secondary N) is 1. The molecule has 1 heterocycles. The number of nitrogens with zero attached hydrogens (tertiary/aromatic N) is 1. The van der Waals surface area contributed by atoms with Crippen molar-refractivity contribution < 1.29 is 22.3 Å². The highest BCUT2D eigenvalue weighted by atomic mass is 32.2. The number of hydrogen-bond acceptors (Lipinski definition) is 6. The molecule has 37 heavy (non-hydrogen) atoms. The van der Waals surface area contributed by atoms with Crippen molar-refractivity contribution in [2.24, 2.45) is 5.73 Å². The molecular weight excluding hydrogens is 513 g/mol. The zero-order chi connectivity index (χ0) is 27.2. The summed E-state index contributed by atoms with van der Waals surface area (Å²) in [4.78, 5) is 13.1. The maximum Gasteiger partial charge on any atom is 0.251 e. The Morgan fingerprint density at radius 2 is 1.89 bits per heavy atom. The summed E-state index contributed by atoms with van der Waals surface area (Å²) in [5.41, 5.74) is 9.21. The molecular formula is C27H34FN3O4S2. The topological polar surface area (TPSA) is 102 Å². The Bertz CT molecular complexity index is 1300. The standard InChI is InChI=1S/C27H34FN3O4S2/c1-5-27(29,15-20-10-11-36-17-20)18-35-16-21-12-23(14-25(13-21)31(3)37(4,33)34)26(32)30-19(2)22-6-8-24(28)9-7-22/h6-14,17,19H,5,15-16,18,29H2,1-4H3,(H,30,32)/t19-,27?/m1/s1. The van der Waals surface area contributed by atoms with Gasteiger partial charge in [0.15, 0.2) is 0 Å². The highest BCUT2D eigenvalue weighted by Gasteiger charge is 2.24. The van der Waals surface area contributed by atoms with Crippen molar-refractivity contribution in [2.45, 2.75) is 44.9 Å². The van der Waals surface area contributed by atoms with Gasteiger partial charge in [-0.1, -0.05) is 19.1 Å². The Balaban J connectivity index is 1.79. The van der Waals surface area contributed by atoms with Crippen LogP contribution in [0.25, 0.3) is 0 Å². The highest BCUT2D eigenvalue weighted by molar-refractivity contribution is 7.92. The van der Waals surface area contributed by atoms with Crippen LogP contribution in [0.15, 0.2) is 59.3 Å². The molecule has 0 aliphatic heterocycles. The number of sulfonamides is 1. The van der Waals surface area contributed by atoms with Crippen LogP contribution in [0, 0.1) is 5.82 Å². The highest BCUT2D eigenvalue weighted by Crippen LogP contribution is 2.24. The molecule has 3 aromatic rings. The molecule has 0 fully saturated rings. The molecule has 10 heteroatoms. The van der Waals surface area contributed by atoms with Crippen molar-refractivity contribution in [3.63, 3.8) is 0 Å². The van der Waals surface area contributed by atoms with E-state index >= 15 is 0 Å². The van der Waals surface area contributed by atoms with E-state index in [4.69, 9.17) is 10.5 Å². The number of nitrogens with two attached hydrogens (primary N) is 1. The van der Waals surface area contributed by atoms with Gasteiger partial charge in [0.25, 0.3) is 5.91 Å². The minimum atomic E-state index is -3.56. The zero-order valence-corrected chi connectivity index (χ0v) is 23.2. The molecule has 3 N–H and O–H groups in total. The van der Waals surface area contributed by atoms with E-state index in [0.29, 0.717) is 30.7 Å². The van der Waals surface area contributed by atoms with Crippen LogP contribution >= 0.6 is 11.3 Å². The average Bonchev–Trinajstić information content (AvgIpc) is 3.35. The molecule has 7 nitrogen and oxygen atoms in total. The van der Waals surface area contributed by atoms with E-state index in [1.54, 1.807) is 42.5 Å². The summed E-state index contributed by atoms with van der Waals surface area (Å²) < 4.78 is 44.8. The van der Waals surface area contributed by atoms with Gasteiger partial charge in [-0.15, -0.1) is 0 Å². The van der Waals surface area contributed by atoms with Crippen molar-refractivity contribution in [3.05, 3.63) is 87.4 Å². The lowest BCUT2D eigenvalue weighted by Gasteiger charge is -2.28. The van der Waals surface area contributed by atoms with Crippen molar-refractivity contribution in [2.75, 3.05) is 24.2 Å². The molecule has 2 atom stereocenters. The number of hydrogen-bond donors (Lipinski definition) is 2. The largest absolute Gasteiger partial charge is 0.375 e. The molecule has 0 aliphatic carbocycles. The normalized spacial score (nSPS) is 14.1. The van der Waals surface area contributed by atoms with E-state index in [-0.39, 0.29) is 29.9 Å². The smallest absolute Gasteiger partial charge is 0.251 e. The van der Waals surface area contributed by atoms with E-state index in [9.17, 15) is 17.6 Å². The van der Waals surface area contributed by atoms with Crippen molar-refractivity contribution in [1.29, 1.82) is 0 Å². The first-order chi connectivity index (χ1) is 17.4. The Morgan fingerprint density at radius 1 is 1.19 bits per heavy atom. The number of carbonyl (C=O) groups is 1. The first kappa shape index (κ1) is 28.8. The van der Waals surface area contributed by atoms with Gasteiger partial charge >= 0.3 is 0 Å². The molecule has 0 saturated carbocycles. The van der Waals surface area contributed by atoms with Gasteiger partial charge in [0.05, 0.1) is 31.2 Å². The first-order valence-corrected chi connectivity index (χ1v) is 14.7. The summed E-state index contributed by atoms with van der Waals surface area (Å²) in [7, 11) is -2.12. The molecule has 3 rings (SSSR count). The SMILES string of the molecule is CCC(N)(COCc1cc(C(=O)N[C@H](C)c2ccc(F)cc2)cc(N(C)S(C)(=O)=O)c1)Cc1ccsc1. The van der Waals surface area contributed by atoms with Crippen LogP contribution in [-0.2, 0) is 27.8 Å². The summed E-state index contributed by atoms with van der Waals surface area (Å²) in [6.45, 7) is 4.26. The van der Waals surface area contributed by atoms with E-state index in [1.165, 1.54) is 25.2 Å². The van der Waals surface area contributed by atoms with Crippen molar-refractivity contribution in [3.8, 4) is 0 Å². The second kappa shape index (κ2) is 12.2. The predicted octanol–water partition coefficient (Wildman–Crippen LogP) is 4.64. The molecule has 0 bridgehead atoms. The average molecular weight is 548 g/mol. The number of rotatable bonds is 12. The second-order valence-electron chi connectivity index (χ2n) is 9.38. The summed E-state index contributed by atoms with van der Waals surface area (Å²) in [5, 5.41) is 6.97. The molecule has 0 spiro atoms. The maximum absolute atomic E-state index is 13.3. The lowest BCUT2D eigenvalue weighted by atomic mass is 9.91. The summed E-state index contributed by atoms with van der Waals surface area (Å²) in [6.07, 6.45) is 2.49. The van der Waals surface area contributed by atoms with Gasteiger partial charge in [0.2, 0.25) is 10.0 Å². The van der Waals surface area contributed by atoms with Gasteiger partial charge in [0, 0.05) is 18.2 Å². The van der Waals surface area contributed by atoms with Crippen LogP contribution < -0.4 is 15.4 Å². The van der Waals surface area contributed by atoms with Crippen LogP contribution in [0.3, 0.4) is 0 Å². The van der Waals surface area contributed by atoms with Crippen LogP contribution in [0.2, 0.25) is 0 Å². The fourth-order valence-corrected chi connectivity index (χ4v) is 4.98. The molecule has 1 amide bonds. The van der Waals surface area contributed by atoms with E-state index in [1.807, 2.05) is 18.4 Å². The monoisotopic (exact) mass is 547 g/mol. The number of anilines is 1. The van der Waals surface area contributed by atoms with Crippen LogP contribution in [0.4, 0.5) is 10.1 Å². The van der Waals surface area contributed by atoms with Gasteiger partial charge in [-0.3, -0.25) is 9.10 Å². The summed E-state index contributed by atoms with van der Waals surface area (Å²) in [5.74, 6) is -0.746. The number of benzene rings is 2. The number of carbonyl (C=O) groups excluding carboxylic acids is 1. The van der Waals surface area contributed by atoms with Gasteiger partial charge in [-0.2, -0.15) is 11.3 Å². The quantitative estimate of drug-likeness (QED) is 0.344. The Morgan fingerprint density at radius 3 is 2.49 bits per heavy atom. The minimum Gasteiger partial charge on any atom is -0.375 e. The van der Waals surface area contributed by atoms with E-state index in [0.717, 1.165) is 21.7 Å². The number of ether oxygens (including phenoxy) is 1.